The highest BCUT2D eigenvalue weighted by Crippen LogP contribution is 2.22. The number of hydrogen-bond donors (Lipinski definition) is 2. The highest BCUT2D eigenvalue weighted by Gasteiger charge is 2.21. The highest BCUT2D eigenvalue weighted by molar-refractivity contribution is 5.94. The van der Waals surface area contributed by atoms with Gasteiger partial charge in [0.05, 0.1) is 5.69 Å². The Balaban J connectivity index is 3.08. The molecule has 5 nitrogen and oxygen atoms in total. The molecule has 0 spiro atoms. The smallest absolute Gasteiger partial charge is 0.339 e. The van der Waals surface area contributed by atoms with Gasteiger partial charge in [-0.15, -0.1) is 5.10 Å². The van der Waals surface area contributed by atoms with Crippen LogP contribution in [0.5, 0.6) is 0 Å². The Kier molecular flexibility index (Phi) is 5.27. The number of anilines is 1. The average molecular weight is 265 g/mol. The molecule has 0 aliphatic heterocycles. The summed E-state index contributed by atoms with van der Waals surface area (Å²) in [4.78, 5) is 11.4. The summed E-state index contributed by atoms with van der Waals surface area (Å²) in [5.41, 5.74) is 1.55. The molecule has 5 heteroatoms. The molecule has 0 saturated heterocycles. The molecule has 0 radical (unpaired) electrons. The van der Waals surface area contributed by atoms with Crippen molar-refractivity contribution >= 4 is 11.8 Å². The van der Waals surface area contributed by atoms with Crippen LogP contribution < -0.4 is 5.32 Å². The van der Waals surface area contributed by atoms with Crippen LogP contribution in [0.15, 0.2) is 0 Å². The number of nitrogens with one attached hydrogen (secondary N) is 1. The second-order valence-corrected chi connectivity index (χ2v) is 4.95. The first-order valence-corrected chi connectivity index (χ1v) is 6.76. The molecule has 19 heavy (non-hydrogen) atoms. The van der Waals surface area contributed by atoms with Crippen LogP contribution in [0.2, 0.25) is 0 Å². The molecule has 1 aromatic rings. The topological polar surface area (TPSA) is 75.1 Å². The monoisotopic (exact) mass is 265 g/mol. The Morgan fingerprint density at radius 3 is 2.32 bits per heavy atom. The van der Waals surface area contributed by atoms with Crippen LogP contribution in [-0.2, 0) is 0 Å². The predicted molar refractivity (Wildman–Crippen MR) is 75.6 cm³/mol. The van der Waals surface area contributed by atoms with Crippen LogP contribution >= 0.6 is 0 Å². The van der Waals surface area contributed by atoms with Crippen molar-refractivity contribution in [2.45, 2.75) is 53.5 Å². The number of carbonyl (C=O) groups is 1. The maximum absolute atomic E-state index is 11.4. The van der Waals surface area contributed by atoms with Crippen molar-refractivity contribution in [3.63, 3.8) is 0 Å². The highest BCUT2D eigenvalue weighted by atomic mass is 16.4. The van der Waals surface area contributed by atoms with Crippen molar-refractivity contribution in [1.82, 2.24) is 10.2 Å². The van der Waals surface area contributed by atoms with E-state index in [1.165, 1.54) is 0 Å². The molecule has 1 aromatic heterocycles. The minimum Gasteiger partial charge on any atom is -0.478 e. The summed E-state index contributed by atoms with van der Waals surface area (Å²) in [7, 11) is 0. The first-order valence-electron chi connectivity index (χ1n) is 6.76. The molecule has 0 amide bonds. The van der Waals surface area contributed by atoms with Crippen molar-refractivity contribution in [3.8, 4) is 0 Å². The Morgan fingerprint density at radius 2 is 1.84 bits per heavy atom. The third kappa shape index (κ3) is 3.43. The number of aryl methyl sites for hydroxylation is 1. The van der Waals surface area contributed by atoms with Crippen LogP contribution in [0, 0.1) is 19.8 Å². The molecule has 106 valence electrons. The molecule has 0 bridgehead atoms. The molecule has 0 fully saturated rings. The number of aromatic carboxylic acids is 1. The van der Waals surface area contributed by atoms with E-state index in [2.05, 4.69) is 36.3 Å². The number of carboxylic acid groups (broad SMARTS) is 1. The summed E-state index contributed by atoms with van der Waals surface area (Å²) in [6, 6.07) is 0.171. The molecule has 0 aromatic carbocycles. The summed E-state index contributed by atoms with van der Waals surface area (Å²) in [5.74, 6) is -0.102. The third-order valence-corrected chi connectivity index (χ3v) is 3.79. The standard InChI is InChI=1S/C14H23N3O2/c1-6-11(7-2)10(5)15-13-12(14(18)19)8(3)9(4)16-17-13/h10-11H,6-7H2,1-5H3,(H,15,17)(H,18,19). The Hall–Kier alpha value is -1.65. The molecule has 0 saturated carbocycles. The average Bonchev–Trinajstić information content (AvgIpc) is 2.35. The second-order valence-electron chi connectivity index (χ2n) is 4.95. The van der Waals surface area contributed by atoms with Crippen molar-refractivity contribution in [1.29, 1.82) is 0 Å². The fraction of sp³-hybridized carbons (Fsp3) is 0.643. The van der Waals surface area contributed by atoms with E-state index < -0.39 is 5.97 Å². The first-order chi connectivity index (χ1) is 8.92. The zero-order chi connectivity index (χ0) is 14.6. The van der Waals surface area contributed by atoms with Gasteiger partial charge in [-0.25, -0.2) is 4.79 Å². The van der Waals surface area contributed by atoms with Gasteiger partial charge in [0.2, 0.25) is 0 Å². The lowest BCUT2D eigenvalue weighted by atomic mass is 9.95. The van der Waals surface area contributed by atoms with Crippen LogP contribution in [0.3, 0.4) is 0 Å². The fourth-order valence-electron chi connectivity index (χ4n) is 2.30. The molecular formula is C14H23N3O2. The lowest BCUT2D eigenvalue weighted by molar-refractivity contribution is 0.0696. The van der Waals surface area contributed by atoms with E-state index in [1.54, 1.807) is 13.8 Å². The van der Waals surface area contributed by atoms with E-state index in [0.717, 1.165) is 12.8 Å². The molecule has 0 aliphatic rings. The van der Waals surface area contributed by atoms with Crippen LogP contribution in [0.1, 0.15) is 55.2 Å². The van der Waals surface area contributed by atoms with Gasteiger partial charge in [-0.05, 0) is 32.3 Å². The molecular weight excluding hydrogens is 242 g/mol. The first kappa shape index (κ1) is 15.4. The zero-order valence-electron chi connectivity index (χ0n) is 12.3. The number of aromatic nitrogens is 2. The summed E-state index contributed by atoms with van der Waals surface area (Å²) in [5, 5.41) is 20.6. The zero-order valence-corrected chi connectivity index (χ0v) is 12.3. The third-order valence-electron chi connectivity index (χ3n) is 3.79. The minimum atomic E-state index is -0.963. The van der Waals surface area contributed by atoms with E-state index in [1.807, 2.05) is 0 Å². The fourth-order valence-corrected chi connectivity index (χ4v) is 2.30. The summed E-state index contributed by atoms with van der Waals surface area (Å²) in [6.45, 7) is 9.86. The van der Waals surface area contributed by atoms with Crippen LogP contribution in [0.25, 0.3) is 0 Å². The predicted octanol–water partition coefficient (Wildman–Crippen LogP) is 3.03. The van der Waals surface area contributed by atoms with Gasteiger partial charge in [0.25, 0.3) is 0 Å². The summed E-state index contributed by atoms with van der Waals surface area (Å²) < 4.78 is 0. The molecule has 1 rings (SSSR count). The molecule has 0 aliphatic carbocycles. The summed E-state index contributed by atoms with van der Waals surface area (Å²) >= 11 is 0. The van der Waals surface area contributed by atoms with Crippen LogP contribution in [0.4, 0.5) is 5.82 Å². The van der Waals surface area contributed by atoms with Gasteiger partial charge in [0, 0.05) is 6.04 Å². The number of carboxylic acids is 1. The van der Waals surface area contributed by atoms with Crippen molar-refractivity contribution in [2.24, 2.45) is 5.92 Å². The van der Waals surface area contributed by atoms with Crippen molar-refractivity contribution in [3.05, 3.63) is 16.8 Å². The van der Waals surface area contributed by atoms with E-state index in [0.29, 0.717) is 23.0 Å². The van der Waals surface area contributed by atoms with Gasteiger partial charge in [0.1, 0.15) is 5.56 Å². The largest absolute Gasteiger partial charge is 0.478 e. The second kappa shape index (κ2) is 6.50. The van der Waals surface area contributed by atoms with Gasteiger partial charge < -0.3 is 10.4 Å². The quantitative estimate of drug-likeness (QED) is 0.827. The van der Waals surface area contributed by atoms with Gasteiger partial charge in [0.15, 0.2) is 5.82 Å². The summed E-state index contributed by atoms with van der Waals surface area (Å²) in [6.07, 6.45) is 2.09. The van der Waals surface area contributed by atoms with Crippen molar-refractivity contribution < 1.29 is 9.90 Å². The van der Waals surface area contributed by atoms with Crippen molar-refractivity contribution in [2.75, 3.05) is 5.32 Å². The number of rotatable bonds is 6. The van der Waals surface area contributed by atoms with E-state index in [4.69, 9.17) is 0 Å². The maximum Gasteiger partial charge on any atom is 0.339 e. The number of nitrogens with zero attached hydrogens (tertiary/aromatic N) is 2. The van der Waals surface area contributed by atoms with Gasteiger partial charge in [-0.1, -0.05) is 26.7 Å². The van der Waals surface area contributed by atoms with E-state index in [9.17, 15) is 9.90 Å². The minimum absolute atomic E-state index is 0.171. The van der Waals surface area contributed by atoms with Gasteiger partial charge in [-0.2, -0.15) is 5.10 Å². The Bertz CT molecular complexity index is 456. The SMILES string of the molecule is CCC(CC)C(C)Nc1nnc(C)c(C)c1C(=O)O. The molecule has 1 unspecified atom stereocenters. The van der Waals surface area contributed by atoms with Gasteiger partial charge in [-0.3, -0.25) is 0 Å². The molecule has 2 N–H and O–H groups in total. The van der Waals surface area contributed by atoms with Crippen LogP contribution in [-0.4, -0.2) is 27.3 Å². The molecule has 1 heterocycles. The maximum atomic E-state index is 11.4. The van der Waals surface area contributed by atoms with E-state index in [-0.39, 0.29) is 11.6 Å². The normalized spacial score (nSPS) is 12.5. The lowest BCUT2D eigenvalue weighted by Gasteiger charge is -2.23. The van der Waals surface area contributed by atoms with E-state index >= 15 is 0 Å². The Labute approximate surface area is 114 Å². The van der Waals surface area contributed by atoms with Gasteiger partial charge >= 0.3 is 5.97 Å². The number of hydrogen-bond acceptors (Lipinski definition) is 4. The lowest BCUT2D eigenvalue weighted by Crippen LogP contribution is -2.27. The Morgan fingerprint density at radius 1 is 1.26 bits per heavy atom. The molecule has 1 atom stereocenters.